The van der Waals surface area contributed by atoms with Gasteiger partial charge in [-0.15, -0.1) is 6.58 Å². The van der Waals surface area contributed by atoms with Crippen molar-refractivity contribution in [3.8, 4) is 0 Å². The van der Waals surface area contributed by atoms with Crippen molar-refractivity contribution in [2.45, 2.75) is 49.2 Å². The molecule has 2 aliphatic carbocycles. The predicted molar refractivity (Wildman–Crippen MR) is 80.4 cm³/mol. The van der Waals surface area contributed by atoms with Gasteiger partial charge in [-0.25, -0.2) is 8.42 Å². The topological polar surface area (TPSA) is 67.2 Å². The Kier molecular flexibility index (Phi) is 4.14. The van der Waals surface area contributed by atoms with E-state index in [2.05, 4.69) is 17.0 Å². The van der Waals surface area contributed by atoms with Crippen LogP contribution in [0.1, 0.15) is 25.7 Å². The Labute approximate surface area is 125 Å². The summed E-state index contributed by atoms with van der Waals surface area (Å²) in [4.78, 5) is 0.280. The fourth-order valence-corrected chi connectivity index (χ4v) is 3.95. The quantitative estimate of drug-likeness (QED) is 0.690. The SMILES string of the molecule is C=CCN(C1CC1)S(=O)(=O)c1cnn(CCNC2CC2)c1. The first-order valence-corrected chi connectivity index (χ1v) is 8.94. The van der Waals surface area contributed by atoms with Gasteiger partial charge in [-0.05, 0) is 25.7 Å². The fourth-order valence-electron chi connectivity index (χ4n) is 2.34. The summed E-state index contributed by atoms with van der Waals surface area (Å²) < 4.78 is 28.5. The van der Waals surface area contributed by atoms with Crippen LogP contribution in [-0.2, 0) is 16.6 Å². The van der Waals surface area contributed by atoms with Gasteiger partial charge < -0.3 is 5.32 Å². The van der Waals surface area contributed by atoms with Gasteiger partial charge >= 0.3 is 0 Å². The molecule has 6 nitrogen and oxygen atoms in total. The smallest absolute Gasteiger partial charge is 0.246 e. The zero-order valence-electron chi connectivity index (χ0n) is 12.1. The molecule has 0 aliphatic heterocycles. The molecule has 21 heavy (non-hydrogen) atoms. The lowest BCUT2D eigenvalue weighted by atomic mass is 10.6. The number of hydrogen-bond acceptors (Lipinski definition) is 4. The Balaban J connectivity index is 1.66. The molecule has 0 spiro atoms. The lowest BCUT2D eigenvalue weighted by Crippen LogP contribution is -2.33. The zero-order valence-corrected chi connectivity index (χ0v) is 12.9. The van der Waals surface area contributed by atoms with E-state index in [1.165, 1.54) is 23.3 Å². The van der Waals surface area contributed by atoms with Crippen LogP contribution < -0.4 is 5.32 Å². The van der Waals surface area contributed by atoms with E-state index in [4.69, 9.17) is 0 Å². The second kappa shape index (κ2) is 5.90. The molecule has 0 amide bonds. The van der Waals surface area contributed by atoms with Crippen molar-refractivity contribution in [1.82, 2.24) is 19.4 Å². The number of hydrogen-bond donors (Lipinski definition) is 1. The highest BCUT2D eigenvalue weighted by atomic mass is 32.2. The van der Waals surface area contributed by atoms with Gasteiger partial charge in [-0.1, -0.05) is 6.08 Å². The van der Waals surface area contributed by atoms with Gasteiger partial charge in [0, 0.05) is 31.4 Å². The highest BCUT2D eigenvalue weighted by Gasteiger charge is 2.37. The zero-order chi connectivity index (χ0) is 14.9. The first kappa shape index (κ1) is 14.7. The van der Waals surface area contributed by atoms with E-state index >= 15 is 0 Å². The average molecular weight is 310 g/mol. The highest BCUT2D eigenvalue weighted by Crippen LogP contribution is 2.31. The minimum absolute atomic E-state index is 0.132. The van der Waals surface area contributed by atoms with Crippen LogP contribution in [0.2, 0.25) is 0 Å². The maximum Gasteiger partial charge on any atom is 0.246 e. The molecule has 2 fully saturated rings. The normalized spacial score (nSPS) is 19.1. The molecule has 0 bridgehead atoms. The molecule has 0 atom stereocenters. The van der Waals surface area contributed by atoms with Crippen LogP contribution in [0.25, 0.3) is 0 Å². The molecule has 0 aromatic carbocycles. The van der Waals surface area contributed by atoms with Crippen molar-refractivity contribution in [1.29, 1.82) is 0 Å². The standard InChI is InChI=1S/C14H22N4O2S/c1-2-8-18(13-5-6-13)21(19,20)14-10-16-17(11-14)9-7-15-12-3-4-12/h2,10-13,15H,1,3-9H2. The first-order valence-electron chi connectivity index (χ1n) is 7.50. The Morgan fingerprint density at radius 3 is 2.81 bits per heavy atom. The average Bonchev–Trinajstić information content (AvgIpc) is 3.36. The number of rotatable bonds is 9. The largest absolute Gasteiger partial charge is 0.312 e. The van der Waals surface area contributed by atoms with Crippen LogP contribution in [-0.4, -0.2) is 47.7 Å². The molecule has 2 saturated carbocycles. The van der Waals surface area contributed by atoms with Gasteiger partial charge in [0.05, 0.1) is 12.7 Å². The lowest BCUT2D eigenvalue weighted by Gasteiger charge is -2.18. The van der Waals surface area contributed by atoms with Crippen molar-refractivity contribution in [3.63, 3.8) is 0 Å². The molecule has 116 valence electrons. The van der Waals surface area contributed by atoms with Gasteiger partial charge in [0.15, 0.2) is 0 Å². The molecule has 1 aromatic heterocycles. The van der Waals surface area contributed by atoms with Crippen molar-refractivity contribution in [2.75, 3.05) is 13.1 Å². The highest BCUT2D eigenvalue weighted by molar-refractivity contribution is 7.89. The van der Waals surface area contributed by atoms with E-state index < -0.39 is 10.0 Å². The molecule has 3 rings (SSSR count). The van der Waals surface area contributed by atoms with E-state index in [1.54, 1.807) is 17.0 Å². The van der Waals surface area contributed by atoms with E-state index in [-0.39, 0.29) is 10.9 Å². The summed E-state index contributed by atoms with van der Waals surface area (Å²) in [5, 5.41) is 7.56. The van der Waals surface area contributed by atoms with Crippen LogP contribution in [0.3, 0.4) is 0 Å². The Hall–Kier alpha value is -1.18. The monoisotopic (exact) mass is 310 g/mol. The van der Waals surface area contributed by atoms with Crippen LogP contribution in [0, 0.1) is 0 Å². The summed E-state index contributed by atoms with van der Waals surface area (Å²) in [6.45, 7) is 5.53. The van der Waals surface area contributed by atoms with Crippen LogP contribution in [0.5, 0.6) is 0 Å². The Bertz CT molecular complexity index is 602. The summed E-state index contributed by atoms with van der Waals surface area (Å²) >= 11 is 0. The predicted octanol–water partition coefficient (Wildman–Crippen LogP) is 0.974. The third kappa shape index (κ3) is 3.53. The van der Waals surface area contributed by atoms with E-state index in [0.717, 1.165) is 19.4 Å². The Morgan fingerprint density at radius 1 is 1.43 bits per heavy atom. The third-order valence-electron chi connectivity index (χ3n) is 3.83. The number of nitrogens with zero attached hydrogens (tertiary/aromatic N) is 3. The molecule has 0 radical (unpaired) electrons. The maximum absolute atomic E-state index is 12.6. The van der Waals surface area contributed by atoms with Crippen molar-refractivity contribution in [3.05, 3.63) is 25.0 Å². The molecule has 1 aromatic rings. The lowest BCUT2D eigenvalue weighted by molar-refractivity contribution is 0.435. The fraction of sp³-hybridized carbons (Fsp3) is 0.643. The molecule has 2 aliphatic rings. The van der Waals surface area contributed by atoms with Gasteiger partial charge in [-0.3, -0.25) is 4.68 Å². The minimum atomic E-state index is -3.45. The van der Waals surface area contributed by atoms with Gasteiger partial charge in [0.1, 0.15) is 4.90 Å². The molecule has 0 saturated heterocycles. The number of nitrogens with one attached hydrogen (secondary N) is 1. The summed E-state index contributed by atoms with van der Waals surface area (Å²) in [5.74, 6) is 0. The molecule has 1 heterocycles. The summed E-state index contributed by atoms with van der Waals surface area (Å²) in [6.07, 6.45) is 9.08. The molecule has 7 heteroatoms. The third-order valence-corrected chi connectivity index (χ3v) is 5.70. The van der Waals surface area contributed by atoms with Crippen LogP contribution in [0.15, 0.2) is 29.9 Å². The minimum Gasteiger partial charge on any atom is -0.312 e. The second-order valence-electron chi connectivity index (χ2n) is 5.76. The number of aromatic nitrogens is 2. The second-order valence-corrected chi connectivity index (χ2v) is 7.65. The van der Waals surface area contributed by atoms with Crippen LogP contribution in [0.4, 0.5) is 0 Å². The van der Waals surface area contributed by atoms with Crippen molar-refractivity contribution >= 4 is 10.0 Å². The summed E-state index contributed by atoms with van der Waals surface area (Å²) in [6, 6.07) is 0.787. The van der Waals surface area contributed by atoms with E-state index in [0.29, 0.717) is 19.1 Å². The first-order chi connectivity index (χ1) is 10.1. The van der Waals surface area contributed by atoms with Gasteiger partial charge in [0.25, 0.3) is 0 Å². The van der Waals surface area contributed by atoms with Crippen LogP contribution >= 0.6 is 0 Å². The van der Waals surface area contributed by atoms with E-state index in [9.17, 15) is 8.42 Å². The van der Waals surface area contributed by atoms with E-state index in [1.807, 2.05) is 0 Å². The summed E-state index contributed by atoms with van der Waals surface area (Å²) in [7, 11) is -3.45. The molecular weight excluding hydrogens is 288 g/mol. The maximum atomic E-state index is 12.6. The number of sulfonamides is 1. The molecular formula is C14H22N4O2S. The van der Waals surface area contributed by atoms with Gasteiger partial charge in [-0.2, -0.15) is 9.40 Å². The van der Waals surface area contributed by atoms with Crippen molar-refractivity contribution in [2.24, 2.45) is 0 Å². The summed E-state index contributed by atoms with van der Waals surface area (Å²) in [5.41, 5.74) is 0. The van der Waals surface area contributed by atoms with Crippen molar-refractivity contribution < 1.29 is 8.42 Å². The molecule has 0 unspecified atom stereocenters. The van der Waals surface area contributed by atoms with Gasteiger partial charge in [0.2, 0.25) is 10.0 Å². The molecule has 1 N–H and O–H groups in total. The Morgan fingerprint density at radius 2 is 2.19 bits per heavy atom.